The Labute approximate surface area is 119 Å². The first-order valence-corrected chi connectivity index (χ1v) is 7.27. The molecule has 0 bridgehead atoms. The van der Waals surface area contributed by atoms with Crippen molar-refractivity contribution < 1.29 is 0 Å². The SMILES string of the molecule is CCN(CC)CCNc1nn(CC)c(=O)n(CC)c1=O. The summed E-state index contributed by atoms with van der Waals surface area (Å²) in [6.07, 6.45) is 0. The van der Waals surface area contributed by atoms with Crippen LogP contribution in [-0.4, -0.2) is 45.4 Å². The number of hydrogen-bond acceptors (Lipinski definition) is 5. The third-order valence-electron chi connectivity index (χ3n) is 3.35. The Balaban J connectivity index is 2.90. The lowest BCUT2D eigenvalue weighted by molar-refractivity contribution is 0.315. The minimum atomic E-state index is -0.353. The Kier molecular flexibility index (Phi) is 6.44. The highest BCUT2D eigenvalue weighted by Gasteiger charge is 2.11. The van der Waals surface area contributed by atoms with Gasteiger partial charge < -0.3 is 10.2 Å². The average Bonchev–Trinajstić information content (AvgIpc) is 2.46. The molecule has 0 aliphatic carbocycles. The van der Waals surface area contributed by atoms with E-state index in [-0.39, 0.29) is 17.1 Å². The van der Waals surface area contributed by atoms with Crippen molar-refractivity contribution in [3.8, 4) is 0 Å². The molecular formula is C13H25N5O2. The fraction of sp³-hybridized carbons (Fsp3) is 0.769. The highest BCUT2D eigenvalue weighted by atomic mass is 16.2. The van der Waals surface area contributed by atoms with Crippen LogP contribution in [0.4, 0.5) is 5.82 Å². The van der Waals surface area contributed by atoms with Crippen molar-refractivity contribution in [2.24, 2.45) is 0 Å². The van der Waals surface area contributed by atoms with Crippen molar-refractivity contribution in [3.05, 3.63) is 20.8 Å². The monoisotopic (exact) mass is 283 g/mol. The van der Waals surface area contributed by atoms with Crippen LogP contribution < -0.4 is 16.6 Å². The van der Waals surface area contributed by atoms with Crippen LogP contribution in [0.25, 0.3) is 0 Å². The van der Waals surface area contributed by atoms with E-state index in [2.05, 4.69) is 29.2 Å². The predicted molar refractivity (Wildman–Crippen MR) is 80.4 cm³/mol. The first kappa shape index (κ1) is 16.4. The van der Waals surface area contributed by atoms with Crippen molar-refractivity contribution in [1.82, 2.24) is 19.2 Å². The van der Waals surface area contributed by atoms with E-state index >= 15 is 0 Å². The van der Waals surface area contributed by atoms with Crippen molar-refractivity contribution in [2.45, 2.75) is 40.8 Å². The van der Waals surface area contributed by atoms with Crippen LogP contribution in [0.5, 0.6) is 0 Å². The first-order chi connectivity index (χ1) is 9.58. The van der Waals surface area contributed by atoms with Gasteiger partial charge in [0.2, 0.25) is 5.82 Å². The van der Waals surface area contributed by atoms with E-state index in [1.165, 1.54) is 9.25 Å². The molecule has 0 aromatic carbocycles. The minimum Gasteiger partial charge on any atom is -0.363 e. The molecule has 0 saturated carbocycles. The summed E-state index contributed by atoms with van der Waals surface area (Å²) in [5, 5.41) is 7.13. The molecule has 0 atom stereocenters. The molecule has 7 heteroatoms. The third kappa shape index (κ3) is 3.69. The van der Waals surface area contributed by atoms with Crippen LogP contribution in [0.15, 0.2) is 9.59 Å². The van der Waals surface area contributed by atoms with E-state index in [0.717, 1.165) is 19.6 Å². The molecular weight excluding hydrogens is 258 g/mol. The van der Waals surface area contributed by atoms with Gasteiger partial charge in [-0.2, -0.15) is 0 Å². The Bertz CT molecular complexity index is 531. The predicted octanol–water partition coefficient (Wildman–Crippen LogP) is 0.198. The van der Waals surface area contributed by atoms with Crippen LogP contribution >= 0.6 is 0 Å². The number of hydrogen-bond donors (Lipinski definition) is 1. The molecule has 1 N–H and O–H groups in total. The first-order valence-electron chi connectivity index (χ1n) is 7.27. The summed E-state index contributed by atoms with van der Waals surface area (Å²) in [5.74, 6) is 0.250. The smallest absolute Gasteiger partial charge is 0.347 e. The van der Waals surface area contributed by atoms with Crippen LogP contribution in [0.1, 0.15) is 27.7 Å². The minimum absolute atomic E-state index is 0.250. The molecule has 1 heterocycles. The van der Waals surface area contributed by atoms with Crippen LogP contribution in [0.2, 0.25) is 0 Å². The van der Waals surface area contributed by atoms with Gasteiger partial charge in [0, 0.05) is 26.2 Å². The molecule has 0 aliphatic heterocycles. The van der Waals surface area contributed by atoms with Gasteiger partial charge >= 0.3 is 5.69 Å². The summed E-state index contributed by atoms with van der Waals surface area (Å²) in [5.41, 5.74) is -0.698. The van der Waals surface area contributed by atoms with Gasteiger partial charge in [0.1, 0.15) is 0 Å². The maximum atomic E-state index is 12.1. The Morgan fingerprint density at radius 2 is 1.75 bits per heavy atom. The largest absolute Gasteiger partial charge is 0.363 e. The number of aromatic nitrogens is 3. The van der Waals surface area contributed by atoms with Gasteiger partial charge in [0.25, 0.3) is 5.56 Å². The normalized spacial score (nSPS) is 11.1. The molecule has 20 heavy (non-hydrogen) atoms. The van der Waals surface area contributed by atoms with Crippen LogP contribution in [-0.2, 0) is 13.1 Å². The lowest BCUT2D eigenvalue weighted by Gasteiger charge is -2.18. The van der Waals surface area contributed by atoms with Gasteiger partial charge in [0.15, 0.2) is 0 Å². The Morgan fingerprint density at radius 3 is 2.25 bits per heavy atom. The van der Waals surface area contributed by atoms with Crippen molar-refractivity contribution in [1.29, 1.82) is 0 Å². The molecule has 0 radical (unpaired) electrons. The molecule has 0 amide bonds. The van der Waals surface area contributed by atoms with E-state index < -0.39 is 0 Å². The molecule has 1 aromatic rings. The van der Waals surface area contributed by atoms with Gasteiger partial charge in [-0.05, 0) is 26.9 Å². The van der Waals surface area contributed by atoms with Crippen molar-refractivity contribution in [2.75, 3.05) is 31.5 Å². The summed E-state index contributed by atoms with van der Waals surface area (Å²) in [6, 6.07) is 0. The zero-order valence-electron chi connectivity index (χ0n) is 12.8. The molecule has 1 rings (SSSR count). The van der Waals surface area contributed by atoms with E-state index in [0.29, 0.717) is 19.6 Å². The zero-order valence-corrected chi connectivity index (χ0v) is 12.8. The van der Waals surface area contributed by atoms with Gasteiger partial charge in [0.05, 0.1) is 0 Å². The molecule has 0 spiro atoms. The van der Waals surface area contributed by atoms with E-state index in [9.17, 15) is 9.59 Å². The molecule has 0 fully saturated rings. The molecule has 114 valence electrons. The molecule has 7 nitrogen and oxygen atoms in total. The van der Waals surface area contributed by atoms with E-state index in [1.54, 1.807) is 6.92 Å². The molecule has 1 aromatic heterocycles. The standard InChI is InChI=1S/C13H25N5O2/c1-5-16(6-2)10-9-14-11-12(19)17(7-3)13(20)18(8-4)15-11/h5-10H2,1-4H3,(H,14,15). The highest BCUT2D eigenvalue weighted by molar-refractivity contribution is 5.29. The van der Waals surface area contributed by atoms with Crippen molar-refractivity contribution in [3.63, 3.8) is 0 Å². The maximum absolute atomic E-state index is 12.1. The summed E-state index contributed by atoms with van der Waals surface area (Å²) in [7, 11) is 0. The fourth-order valence-corrected chi connectivity index (χ4v) is 2.03. The molecule has 0 aliphatic rings. The second kappa shape index (κ2) is 7.84. The second-order valence-corrected chi connectivity index (χ2v) is 4.45. The number of likely N-dealkylation sites (N-methyl/N-ethyl adjacent to an activating group) is 1. The van der Waals surface area contributed by atoms with Crippen LogP contribution in [0.3, 0.4) is 0 Å². The van der Waals surface area contributed by atoms with Crippen molar-refractivity contribution >= 4 is 5.82 Å². The summed E-state index contributed by atoms with van der Waals surface area (Å²) in [4.78, 5) is 26.3. The summed E-state index contributed by atoms with van der Waals surface area (Å²) < 4.78 is 2.51. The topological polar surface area (TPSA) is 72.2 Å². The second-order valence-electron chi connectivity index (χ2n) is 4.45. The summed E-state index contributed by atoms with van der Waals surface area (Å²) >= 11 is 0. The lowest BCUT2D eigenvalue weighted by Crippen LogP contribution is -2.42. The van der Waals surface area contributed by atoms with Crippen LogP contribution in [0, 0.1) is 0 Å². The third-order valence-corrected chi connectivity index (χ3v) is 3.35. The Morgan fingerprint density at radius 1 is 1.10 bits per heavy atom. The maximum Gasteiger partial charge on any atom is 0.347 e. The number of rotatable bonds is 8. The molecule has 0 unspecified atom stereocenters. The van der Waals surface area contributed by atoms with Gasteiger partial charge in [-0.3, -0.25) is 9.36 Å². The van der Waals surface area contributed by atoms with Gasteiger partial charge in [-0.1, -0.05) is 13.8 Å². The molecule has 0 saturated heterocycles. The summed E-state index contributed by atoms with van der Waals surface area (Å²) in [6.45, 7) is 12.0. The van der Waals surface area contributed by atoms with Gasteiger partial charge in [-0.15, -0.1) is 5.10 Å². The number of nitrogens with zero attached hydrogens (tertiary/aromatic N) is 4. The lowest BCUT2D eigenvalue weighted by atomic mass is 10.4. The quantitative estimate of drug-likeness (QED) is 0.738. The fourth-order valence-electron chi connectivity index (χ4n) is 2.03. The van der Waals surface area contributed by atoms with E-state index in [1.807, 2.05) is 6.92 Å². The van der Waals surface area contributed by atoms with E-state index in [4.69, 9.17) is 0 Å². The number of aryl methyl sites for hydroxylation is 1. The Hall–Kier alpha value is -1.63. The number of anilines is 1. The van der Waals surface area contributed by atoms with Gasteiger partial charge in [-0.25, -0.2) is 9.48 Å². The zero-order chi connectivity index (χ0) is 15.1. The average molecular weight is 283 g/mol. The highest BCUT2D eigenvalue weighted by Crippen LogP contribution is 1.92. The number of nitrogens with one attached hydrogen (secondary N) is 1.